The van der Waals surface area contributed by atoms with Gasteiger partial charge in [-0.15, -0.1) is 11.8 Å². The van der Waals surface area contributed by atoms with Crippen molar-refractivity contribution in [3.63, 3.8) is 0 Å². The van der Waals surface area contributed by atoms with Crippen LogP contribution in [0.1, 0.15) is 36.7 Å². The standard InChI is InChI=1S/C21H25N3O2S/c1-13(2)24(4)12-15-5-8-17(9-6-15)22-21(26)16-7-10-19-18(11-16)23-20(25)14(3)27-19/h5-11,13-14H,12H2,1-4H3,(H,22,26)(H,23,25)/t14-/m1/s1. The fourth-order valence-electron chi connectivity index (χ4n) is 2.72. The van der Waals surface area contributed by atoms with Crippen LogP contribution in [-0.4, -0.2) is 35.1 Å². The quantitative estimate of drug-likeness (QED) is 0.812. The summed E-state index contributed by atoms with van der Waals surface area (Å²) in [5.74, 6) is -0.227. The van der Waals surface area contributed by atoms with Crippen molar-refractivity contribution in [1.82, 2.24) is 4.90 Å². The van der Waals surface area contributed by atoms with Crippen molar-refractivity contribution in [2.45, 2.75) is 43.5 Å². The first-order chi connectivity index (χ1) is 12.8. The Balaban J connectivity index is 1.67. The zero-order valence-electron chi connectivity index (χ0n) is 16.1. The third-order valence-electron chi connectivity index (χ3n) is 4.70. The Kier molecular flexibility index (Phi) is 5.87. The molecule has 0 aliphatic carbocycles. The van der Waals surface area contributed by atoms with Crippen LogP contribution in [0.4, 0.5) is 11.4 Å². The van der Waals surface area contributed by atoms with Crippen LogP contribution in [0.15, 0.2) is 47.4 Å². The molecule has 6 heteroatoms. The molecule has 5 nitrogen and oxygen atoms in total. The number of fused-ring (bicyclic) bond motifs is 1. The number of nitrogens with one attached hydrogen (secondary N) is 2. The van der Waals surface area contributed by atoms with Gasteiger partial charge in [0, 0.05) is 28.7 Å². The summed E-state index contributed by atoms with van der Waals surface area (Å²) in [6.07, 6.45) is 0. The van der Waals surface area contributed by atoms with E-state index in [1.165, 1.54) is 17.3 Å². The lowest BCUT2D eigenvalue weighted by atomic mass is 10.1. The van der Waals surface area contributed by atoms with Gasteiger partial charge in [0.1, 0.15) is 0 Å². The third-order valence-corrected chi connectivity index (χ3v) is 5.88. The smallest absolute Gasteiger partial charge is 0.255 e. The zero-order valence-corrected chi connectivity index (χ0v) is 16.9. The topological polar surface area (TPSA) is 61.4 Å². The largest absolute Gasteiger partial charge is 0.324 e. The van der Waals surface area contributed by atoms with E-state index < -0.39 is 0 Å². The number of carbonyl (C=O) groups excluding carboxylic acids is 2. The number of hydrogen-bond acceptors (Lipinski definition) is 4. The van der Waals surface area contributed by atoms with E-state index in [1.54, 1.807) is 12.1 Å². The summed E-state index contributed by atoms with van der Waals surface area (Å²) in [4.78, 5) is 27.6. The Labute approximate surface area is 164 Å². The fourth-order valence-corrected chi connectivity index (χ4v) is 3.65. The lowest BCUT2D eigenvalue weighted by Gasteiger charge is -2.22. The van der Waals surface area contributed by atoms with Gasteiger partial charge in [-0.1, -0.05) is 12.1 Å². The van der Waals surface area contributed by atoms with Crippen LogP contribution in [-0.2, 0) is 11.3 Å². The van der Waals surface area contributed by atoms with Gasteiger partial charge in [0.15, 0.2) is 0 Å². The molecule has 0 saturated heterocycles. The number of carbonyl (C=O) groups is 2. The molecule has 0 saturated carbocycles. The maximum absolute atomic E-state index is 12.6. The average Bonchev–Trinajstić information content (AvgIpc) is 2.63. The van der Waals surface area contributed by atoms with E-state index in [9.17, 15) is 9.59 Å². The predicted octanol–water partition coefficient (Wildman–Crippen LogP) is 4.21. The molecule has 1 aliphatic heterocycles. The van der Waals surface area contributed by atoms with E-state index in [1.807, 2.05) is 37.3 Å². The summed E-state index contributed by atoms with van der Waals surface area (Å²) in [5.41, 5.74) is 3.17. The highest BCUT2D eigenvalue weighted by Gasteiger charge is 2.23. The minimum Gasteiger partial charge on any atom is -0.324 e. The molecule has 1 heterocycles. The minimum atomic E-state index is -0.192. The van der Waals surface area contributed by atoms with Crippen LogP contribution >= 0.6 is 11.8 Å². The Morgan fingerprint density at radius 3 is 2.59 bits per heavy atom. The van der Waals surface area contributed by atoms with Crippen molar-refractivity contribution >= 4 is 35.0 Å². The normalized spacial score (nSPS) is 16.2. The average molecular weight is 384 g/mol. The highest BCUT2D eigenvalue weighted by molar-refractivity contribution is 8.00. The number of nitrogens with zero attached hydrogens (tertiary/aromatic N) is 1. The number of thioether (sulfide) groups is 1. The first-order valence-corrected chi connectivity index (χ1v) is 9.93. The SMILES string of the molecule is CC(C)N(C)Cc1ccc(NC(=O)c2ccc3c(c2)NC(=O)[C@@H](C)S3)cc1. The molecule has 2 aromatic rings. The van der Waals surface area contributed by atoms with E-state index in [0.29, 0.717) is 17.3 Å². The van der Waals surface area contributed by atoms with Gasteiger partial charge in [-0.05, 0) is 63.7 Å². The second kappa shape index (κ2) is 8.15. The van der Waals surface area contributed by atoms with Crippen molar-refractivity contribution in [3.8, 4) is 0 Å². The Hall–Kier alpha value is -2.31. The number of anilines is 2. The second-order valence-electron chi connectivity index (χ2n) is 7.12. The van der Waals surface area contributed by atoms with Crippen molar-refractivity contribution < 1.29 is 9.59 Å². The molecule has 2 aromatic carbocycles. The Bertz CT molecular complexity index is 849. The van der Waals surface area contributed by atoms with Crippen LogP contribution in [0.3, 0.4) is 0 Å². The van der Waals surface area contributed by atoms with Gasteiger partial charge in [-0.25, -0.2) is 0 Å². The summed E-state index contributed by atoms with van der Waals surface area (Å²) < 4.78 is 0. The van der Waals surface area contributed by atoms with Crippen LogP contribution in [0, 0.1) is 0 Å². The number of amides is 2. The molecule has 2 amide bonds. The maximum atomic E-state index is 12.6. The van der Waals surface area contributed by atoms with Gasteiger partial charge in [0.05, 0.1) is 10.9 Å². The molecule has 1 atom stereocenters. The molecule has 1 aliphatic rings. The lowest BCUT2D eigenvalue weighted by molar-refractivity contribution is -0.115. The van der Waals surface area contributed by atoms with Gasteiger partial charge in [0.2, 0.25) is 5.91 Å². The summed E-state index contributed by atoms with van der Waals surface area (Å²) in [6.45, 7) is 7.06. The zero-order chi connectivity index (χ0) is 19.6. The molecule has 2 N–H and O–H groups in total. The van der Waals surface area contributed by atoms with Crippen molar-refractivity contribution in [2.24, 2.45) is 0 Å². The molecule has 0 radical (unpaired) electrons. The monoisotopic (exact) mass is 383 g/mol. The molecule has 0 unspecified atom stereocenters. The molecule has 0 bridgehead atoms. The Morgan fingerprint density at radius 1 is 1.22 bits per heavy atom. The van der Waals surface area contributed by atoms with Crippen LogP contribution in [0.2, 0.25) is 0 Å². The van der Waals surface area contributed by atoms with Gasteiger partial charge in [-0.3, -0.25) is 14.5 Å². The second-order valence-corrected chi connectivity index (χ2v) is 8.50. The van der Waals surface area contributed by atoms with Crippen molar-refractivity contribution in [1.29, 1.82) is 0 Å². The lowest BCUT2D eigenvalue weighted by Crippen LogP contribution is -2.26. The van der Waals surface area contributed by atoms with Crippen molar-refractivity contribution in [3.05, 3.63) is 53.6 Å². The minimum absolute atomic E-state index is 0.0352. The van der Waals surface area contributed by atoms with Gasteiger partial charge >= 0.3 is 0 Å². The molecule has 3 rings (SSSR count). The van der Waals surface area contributed by atoms with Gasteiger partial charge < -0.3 is 10.6 Å². The highest BCUT2D eigenvalue weighted by atomic mass is 32.2. The molecular weight excluding hydrogens is 358 g/mol. The van der Waals surface area contributed by atoms with Gasteiger partial charge in [0.25, 0.3) is 5.91 Å². The summed E-state index contributed by atoms with van der Waals surface area (Å²) in [5, 5.41) is 5.66. The molecule has 0 fully saturated rings. The van der Waals surface area contributed by atoms with Crippen LogP contribution in [0.5, 0.6) is 0 Å². The summed E-state index contributed by atoms with van der Waals surface area (Å²) >= 11 is 1.50. The van der Waals surface area contributed by atoms with E-state index in [4.69, 9.17) is 0 Å². The predicted molar refractivity (Wildman–Crippen MR) is 111 cm³/mol. The summed E-state index contributed by atoms with van der Waals surface area (Å²) in [6, 6.07) is 13.8. The third kappa shape index (κ3) is 4.70. The molecular formula is C21H25N3O2S. The van der Waals surface area contributed by atoms with E-state index in [-0.39, 0.29) is 17.1 Å². The van der Waals surface area contributed by atoms with Crippen LogP contribution in [0.25, 0.3) is 0 Å². The van der Waals surface area contributed by atoms with E-state index >= 15 is 0 Å². The van der Waals surface area contributed by atoms with Gasteiger partial charge in [-0.2, -0.15) is 0 Å². The fraction of sp³-hybridized carbons (Fsp3) is 0.333. The Morgan fingerprint density at radius 2 is 1.93 bits per heavy atom. The molecule has 0 spiro atoms. The van der Waals surface area contributed by atoms with Crippen LogP contribution < -0.4 is 10.6 Å². The first-order valence-electron chi connectivity index (χ1n) is 9.05. The van der Waals surface area contributed by atoms with E-state index in [0.717, 1.165) is 17.1 Å². The highest BCUT2D eigenvalue weighted by Crippen LogP contribution is 2.36. The first kappa shape index (κ1) is 19.5. The number of hydrogen-bond donors (Lipinski definition) is 2. The summed E-state index contributed by atoms with van der Waals surface area (Å²) in [7, 11) is 2.09. The molecule has 27 heavy (non-hydrogen) atoms. The van der Waals surface area contributed by atoms with E-state index in [2.05, 4.69) is 36.4 Å². The number of benzene rings is 2. The maximum Gasteiger partial charge on any atom is 0.255 e. The molecule has 0 aromatic heterocycles. The molecule has 142 valence electrons. The van der Waals surface area contributed by atoms with Crippen molar-refractivity contribution in [2.75, 3.05) is 17.7 Å². The number of rotatable bonds is 5.